The molecular formula is C13H20N4O3. The van der Waals surface area contributed by atoms with Crippen molar-refractivity contribution in [2.24, 2.45) is 0 Å². The molecule has 1 heterocycles. The molecule has 0 saturated carbocycles. The first-order chi connectivity index (χ1) is 9.38. The first-order valence-electron chi connectivity index (χ1n) is 6.40. The number of pyridine rings is 1. The molecule has 0 atom stereocenters. The molecular weight excluding hydrogens is 260 g/mol. The van der Waals surface area contributed by atoms with Crippen LogP contribution >= 0.6 is 0 Å². The quantitative estimate of drug-likeness (QED) is 0.650. The van der Waals surface area contributed by atoms with Crippen molar-refractivity contribution in [3.8, 4) is 0 Å². The highest BCUT2D eigenvalue weighted by Gasteiger charge is 2.07. The maximum Gasteiger partial charge on any atom is 0.251 e. The number of nitrogens with zero attached hydrogens (tertiary/aromatic N) is 1. The maximum absolute atomic E-state index is 11.6. The fourth-order valence-electron chi connectivity index (χ4n) is 1.59. The third-order valence-corrected chi connectivity index (χ3v) is 2.44. The van der Waals surface area contributed by atoms with Gasteiger partial charge in [-0.3, -0.25) is 14.4 Å². The Hall–Kier alpha value is -2.31. The summed E-state index contributed by atoms with van der Waals surface area (Å²) in [6.45, 7) is 3.84. The number of nitrogens with two attached hydrogens (primary N) is 1. The molecule has 0 aliphatic rings. The van der Waals surface area contributed by atoms with Crippen molar-refractivity contribution in [2.75, 3.05) is 12.3 Å². The number of aromatic nitrogens is 1. The third-order valence-electron chi connectivity index (χ3n) is 2.44. The van der Waals surface area contributed by atoms with Crippen molar-refractivity contribution >= 4 is 17.5 Å². The van der Waals surface area contributed by atoms with Crippen molar-refractivity contribution < 1.29 is 9.59 Å². The summed E-state index contributed by atoms with van der Waals surface area (Å²) in [6, 6.07) is 2.86. The summed E-state index contributed by atoms with van der Waals surface area (Å²) in [6.07, 6.45) is 1.61. The molecule has 110 valence electrons. The number of hydrogen-bond acceptors (Lipinski definition) is 4. The molecule has 0 unspecified atom stereocenters. The molecule has 0 aliphatic heterocycles. The van der Waals surface area contributed by atoms with Crippen LogP contribution in [0.2, 0.25) is 0 Å². The second kappa shape index (κ2) is 7.32. The average Bonchev–Trinajstić information content (AvgIpc) is 2.33. The minimum Gasteiger partial charge on any atom is -0.398 e. The van der Waals surface area contributed by atoms with Gasteiger partial charge in [-0.1, -0.05) is 0 Å². The Labute approximate surface area is 117 Å². The summed E-state index contributed by atoms with van der Waals surface area (Å²) in [5.74, 6) is -0.462. The van der Waals surface area contributed by atoms with Gasteiger partial charge in [-0.05, 0) is 19.9 Å². The van der Waals surface area contributed by atoms with Gasteiger partial charge in [0.15, 0.2) is 0 Å². The highest BCUT2D eigenvalue weighted by Crippen LogP contribution is 1.95. The Kier molecular flexibility index (Phi) is 5.76. The summed E-state index contributed by atoms with van der Waals surface area (Å²) in [5.41, 5.74) is 5.66. The lowest BCUT2D eigenvalue weighted by molar-refractivity contribution is -0.122. The topological polar surface area (TPSA) is 106 Å². The van der Waals surface area contributed by atoms with Gasteiger partial charge in [-0.25, -0.2) is 0 Å². The van der Waals surface area contributed by atoms with E-state index < -0.39 is 0 Å². The van der Waals surface area contributed by atoms with Crippen molar-refractivity contribution in [1.29, 1.82) is 0 Å². The van der Waals surface area contributed by atoms with E-state index in [4.69, 9.17) is 5.73 Å². The number of carbonyl (C=O) groups is 2. The van der Waals surface area contributed by atoms with Gasteiger partial charge in [-0.2, -0.15) is 0 Å². The van der Waals surface area contributed by atoms with Crippen LogP contribution in [0.4, 0.5) is 5.69 Å². The zero-order valence-electron chi connectivity index (χ0n) is 11.7. The number of nitrogens with one attached hydrogen (secondary N) is 2. The second-order valence-electron chi connectivity index (χ2n) is 4.75. The lowest BCUT2D eigenvalue weighted by Crippen LogP contribution is -2.36. The molecule has 1 rings (SSSR count). The molecule has 0 aliphatic carbocycles. The van der Waals surface area contributed by atoms with Crippen molar-refractivity contribution in [3.63, 3.8) is 0 Å². The maximum atomic E-state index is 11.6. The SMILES string of the molecule is CC(C)NC(=O)CCNC(=O)Cn1cc(N)ccc1=O. The molecule has 0 radical (unpaired) electrons. The Morgan fingerprint density at radius 2 is 2.00 bits per heavy atom. The van der Waals surface area contributed by atoms with E-state index in [0.29, 0.717) is 5.69 Å². The fourth-order valence-corrected chi connectivity index (χ4v) is 1.59. The molecule has 2 amide bonds. The van der Waals surface area contributed by atoms with Gasteiger partial charge in [0.05, 0.1) is 0 Å². The summed E-state index contributed by atoms with van der Waals surface area (Å²) in [4.78, 5) is 34.5. The number of rotatable bonds is 6. The zero-order valence-corrected chi connectivity index (χ0v) is 11.7. The van der Waals surface area contributed by atoms with Gasteiger partial charge in [-0.15, -0.1) is 0 Å². The van der Waals surface area contributed by atoms with Crippen LogP contribution in [0.3, 0.4) is 0 Å². The predicted octanol–water partition coefficient (Wildman–Crippen LogP) is -0.539. The smallest absolute Gasteiger partial charge is 0.251 e. The molecule has 7 heteroatoms. The average molecular weight is 280 g/mol. The Morgan fingerprint density at radius 3 is 2.65 bits per heavy atom. The fraction of sp³-hybridized carbons (Fsp3) is 0.462. The van der Waals surface area contributed by atoms with Crippen LogP contribution in [-0.4, -0.2) is 29.0 Å². The van der Waals surface area contributed by atoms with Gasteiger partial charge in [0.25, 0.3) is 5.56 Å². The van der Waals surface area contributed by atoms with E-state index >= 15 is 0 Å². The summed E-state index contributed by atoms with van der Waals surface area (Å²) >= 11 is 0. The van der Waals surface area contributed by atoms with E-state index in [9.17, 15) is 14.4 Å². The standard InChI is InChI=1S/C13H20N4O3/c1-9(2)16-11(18)5-6-15-12(19)8-17-7-10(14)3-4-13(17)20/h3-4,7,9H,5-6,8,14H2,1-2H3,(H,15,19)(H,16,18). The van der Waals surface area contributed by atoms with Crippen LogP contribution in [0.25, 0.3) is 0 Å². The molecule has 0 aromatic carbocycles. The number of amides is 2. The van der Waals surface area contributed by atoms with Crippen LogP contribution in [0.1, 0.15) is 20.3 Å². The van der Waals surface area contributed by atoms with E-state index in [-0.39, 0.29) is 42.9 Å². The molecule has 1 aromatic rings. The Balaban J connectivity index is 2.39. The van der Waals surface area contributed by atoms with Crippen molar-refractivity contribution in [3.05, 3.63) is 28.7 Å². The number of hydrogen-bond donors (Lipinski definition) is 3. The first kappa shape index (κ1) is 15.7. The lowest BCUT2D eigenvalue weighted by atomic mass is 10.3. The van der Waals surface area contributed by atoms with Crippen LogP contribution < -0.4 is 21.9 Å². The molecule has 0 saturated heterocycles. The van der Waals surface area contributed by atoms with E-state index in [2.05, 4.69) is 10.6 Å². The van der Waals surface area contributed by atoms with Gasteiger partial charge in [0, 0.05) is 37.0 Å². The van der Waals surface area contributed by atoms with Gasteiger partial charge >= 0.3 is 0 Å². The van der Waals surface area contributed by atoms with Gasteiger partial charge in [0.2, 0.25) is 11.8 Å². The Bertz CT molecular complexity index is 537. The summed E-state index contributed by atoms with van der Waals surface area (Å²) < 4.78 is 1.22. The van der Waals surface area contributed by atoms with Crippen LogP contribution in [0.5, 0.6) is 0 Å². The molecule has 7 nitrogen and oxygen atoms in total. The van der Waals surface area contributed by atoms with Gasteiger partial charge in [0.1, 0.15) is 6.54 Å². The molecule has 0 fully saturated rings. The number of carbonyl (C=O) groups excluding carboxylic acids is 2. The minimum atomic E-state index is -0.338. The highest BCUT2D eigenvalue weighted by atomic mass is 16.2. The zero-order chi connectivity index (χ0) is 15.1. The first-order valence-corrected chi connectivity index (χ1v) is 6.40. The molecule has 20 heavy (non-hydrogen) atoms. The normalized spacial score (nSPS) is 10.3. The second-order valence-corrected chi connectivity index (χ2v) is 4.75. The summed E-state index contributed by atoms with van der Waals surface area (Å²) in [5, 5.41) is 5.30. The van der Waals surface area contributed by atoms with Crippen molar-refractivity contribution in [2.45, 2.75) is 32.9 Å². The van der Waals surface area contributed by atoms with Crippen LogP contribution in [0.15, 0.2) is 23.1 Å². The van der Waals surface area contributed by atoms with Crippen LogP contribution in [0, 0.1) is 0 Å². The van der Waals surface area contributed by atoms with E-state index in [1.807, 2.05) is 13.8 Å². The lowest BCUT2D eigenvalue weighted by Gasteiger charge is -2.09. The third kappa shape index (κ3) is 5.55. The Morgan fingerprint density at radius 1 is 1.30 bits per heavy atom. The largest absolute Gasteiger partial charge is 0.398 e. The van der Waals surface area contributed by atoms with E-state index in [0.717, 1.165) is 0 Å². The van der Waals surface area contributed by atoms with Crippen molar-refractivity contribution in [1.82, 2.24) is 15.2 Å². The van der Waals surface area contributed by atoms with Gasteiger partial charge < -0.3 is 20.9 Å². The van der Waals surface area contributed by atoms with E-state index in [1.54, 1.807) is 0 Å². The highest BCUT2D eigenvalue weighted by molar-refractivity contribution is 5.79. The van der Waals surface area contributed by atoms with Crippen LogP contribution in [-0.2, 0) is 16.1 Å². The van der Waals surface area contributed by atoms with E-state index in [1.165, 1.54) is 22.9 Å². The predicted molar refractivity (Wildman–Crippen MR) is 76.0 cm³/mol. The molecule has 0 bridgehead atoms. The summed E-state index contributed by atoms with van der Waals surface area (Å²) in [7, 11) is 0. The molecule has 0 spiro atoms. The monoisotopic (exact) mass is 280 g/mol. The minimum absolute atomic E-state index is 0.0732. The number of anilines is 1. The molecule has 4 N–H and O–H groups in total. The number of nitrogen functional groups attached to an aromatic ring is 1. The molecule has 1 aromatic heterocycles.